The topological polar surface area (TPSA) is 185 Å². The fourth-order valence-corrected chi connectivity index (χ4v) is 2.72. The molecule has 3 rings (SSSR count). The zero-order valence-electron chi connectivity index (χ0n) is 17.7. The van der Waals surface area contributed by atoms with Crippen LogP contribution in [-0.2, 0) is 4.74 Å². The van der Waals surface area contributed by atoms with E-state index in [4.69, 9.17) is 20.9 Å². The Hall–Kier alpha value is -5.13. The Bertz CT molecular complexity index is 1240. The number of benzene rings is 2. The van der Waals surface area contributed by atoms with Gasteiger partial charge in [-0.15, -0.1) is 0 Å². The van der Waals surface area contributed by atoms with Crippen LogP contribution < -0.4 is 31.6 Å². The molecule has 4 amide bonds. The van der Waals surface area contributed by atoms with Gasteiger partial charge in [-0.05, 0) is 48.5 Å². The minimum Gasteiger partial charge on any atom is -0.495 e. The summed E-state index contributed by atoms with van der Waals surface area (Å²) in [6.07, 6.45) is 0.0542. The van der Waals surface area contributed by atoms with Gasteiger partial charge in [0.1, 0.15) is 17.2 Å². The van der Waals surface area contributed by atoms with Crippen molar-refractivity contribution in [2.75, 3.05) is 17.7 Å². The summed E-state index contributed by atoms with van der Waals surface area (Å²) in [6, 6.07) is 12.9. The van der Waals surface area contributed by atoms with Crippen LogP contribution >= 0.6 is 0 Å². The monoisotopic (exact) mass is 465 g/mol. The molecule has 0 atom stereocenters. The van der Waals surface area contributed by atoms with Gasteiger partial charge in [0, 0.05) is 23.5 Å². The molecule has 0 spiro atoms. The molecule has 0 unspecified atom stereocenters. The van der Waals surface area contributed by atoms with Crippen LogP contribution in [-0.4, -0.2) is 36.1 Å². The maximum atomic E-state index is 12.4. The zero-order valence-corrected chi connectivity index (χ0v) is 17.7. The van der Waals surface area contributed by atoms with E-state index in [1.54, 1.807) is 24.3 Å². The summed E-state index contributed by atoms with van der Waals surface area (Å²) < 4.78 is 15.1. The molecule has 6 N–H and O–H groups in total. The number of anilines is 2. The first-order valence-corrected chi connectivity index (χ1v) is 9.56. The van der Waals surface area contributed by atoms with Gasteiger partial charge in [0.2, 0.25) is 5.91 Å². The van der Waals surface area contributed by atoms with Crippen molar-refractivity contribution in [3.05, 3.63) is 72.1 Å². The SMILES string of the molecule is COc1ccc(C(N)=O)cc1NC(=O)Nc1ccc(Oc2ccnc(C(=O)OC(N)=O)c2)cc1. The van der Waals surface area contributed by atoms with Crippen LogP contribution in [0.1, 0.15) is 20.8 Å². The van der Waals surface area contributed by atoms with E-state index in [9.17, 15) is 19.2 Å². The highest BCUT2D eigenvalue weighted by Crippen LogP contribution is 2.26. The number of amides is 4. The zero-order chi connectivity index (χ0) is 24.7. The van der Waals surface area contributed by atoms with Crippen LogP contribution in [0, 0.1) is 0 Å². The Morgan fingerprint density at radius 3 is 2.26 bits per heavy atom. The van der Waals surface area contributed by atoms with Crippen molar-refractivity contribution in [3.63, 3.8) is 0 Å². The van der Waals surface area contributed by atoms with Crippen LogP contribution in [0.4, 0.5) is 21.0 Å². The van der Waals surface area contributed by atoms with Crippen LogP contribution in [0.25, 0.3) is 0 Å². The number of carbonyl (C=O) groups is 4. The lowest BCUT2D eigenvalue weighted by Gasteiger charge is -2.12. The number of rotatable bonds is 7. The van der Waals surface area contributed by atoms with Crippen molar-refractivity contribution >= 4 is 35.4 Å². The lowest BCUT2D eigenvalue weighted by molar-refractivity contribution is 0.0631. The molecular weight excluding hydrogens is 446 g/mol. The number of urea groups is 1. The van der Waals surface area contributed by atoms with E-state index in [0.717, 1.165) is 0 Å². The molecule has 1 heterocycles. The number of primary amides is 2. The van der Waals surface area contributed by atoms with Gasteiger partial charge in [0.25, 0.3) is 0 Å². The number of hydrogen-bond acceptors (Lipinski definition) is 8. The van der Waals surface area contributed by atoms with Gasteiger partial charge in [0.05, 0.1) is 12.8 Å². The van der Waals surface area contributed by atoms with Gasteiger partial charge in [-0.25, -0.2) is 19.4 Å². The normalized spacial score (nSPS) is 10.0. The van der Waals surface area contributed by atoms with E-state index >= 15 is 0 Å². The number of nitrogens with two attached hydrogens (primary N) is 2. The standard InChI is InChI=1S/C22H19N5O7/c1-32-18-7-2-12(19(23)28)10-16(18)27-22(31)26-13-3-5-14(6-4-13)33-15-8-9-25-17(11-15)20(29)34-21(24)30/h2-11H,1H3,(H2,23,28)(H2,24,30)(H2,26,27,31). The summed E-state index contributed by atoms with van der Waals surface area (Å²) in [5, 5.41) is 5.22. The molecule has 1 aromatic heterocycles. The molecule has 0 fully saturated rings. The Kier molecular flexibility index (Phi) is 7.24. The third-order valence-corrected chi connectivity index (χ3v) is 4.21. The fourth-order valence-electron chi connectivity index (χ4n) is 2.72. The van der Waals surface area contributed by atoms with Crippen molar-refractivity contribution < 1.29 is 33.4 Å². The number of nitrogens with one attached hydrogen (secondary N) is 2. The highest BCUT2D eigenvalue weighted by Gasteiger charge is 2.14. The Morgan fingerprint density at radius 1 is 0.882 bits per heavy atom. The number of hydrogen-bond donors (Lipinski definition) is 4. The number of pyridine rings is 1. The predicted octanol–water partition coefficient (Wildman–Crippen LogP) is 2.86. The molecule has 12 heteroatoms. The summed E-state index contributed by atoms with van der Waals surface area (Å²) in [6.45, 7) is 0. The average Bonchev–Trinajstić information content (AvgIpc) is 2.80. The van der Waals surface area contributed by atoms with Gasteiger partial charge in [-0.3, -0.25) is 4.79 Å². The molecule has 12 nitrogen and oxygen atoms in total. The van der Waals surface area contributed by atoms with Crippen LogP contribution in [0.15, 0.2) is 60.8 Å². The molecule has 0 saturated carbocycles. The summed E-state index contributed by atoms with van der Waals surface area (Å²) in [5.41, 5.74) is 10.8. The lowest BCUT2D eigenvalue weighted by atomic mass is 10.2. The van der Waals surface area contributed by atoms with Gasteiger partial charge < -0.3 is 36.3 Å². The van der Waals surface area contributed by atoms with Crippen molar-refractivity contribution in [2.45, 2.75) is 0 Å². The van der Waals surface area contributed by atoms with Gasteiger partial charge >= 0.3 is 18.1 Å². The van der Waals surface area contributed by atoms with Gasteiger partial charge in [0.15, 0.2) is 5.69 Å². The first kappa shape index (κ1) is 23.5. The maximum absolute atomic E-state index is 12.4. The van der Waals surface area contributed by atoms with E-state index in [1.165, 1.54) is 43.6 Å². The number of nitrogens with zero attached hydrogens (tertiary/aromatic N) is 1. The third-order valence-electron chi connectivity index (χ3n) is 4.21. The minimum atomic E-state index is -1.25. The molecule has 0 radical (unpaired) electrons. The molecule has 0 bridgehead atoms. The maximum Gasteiger partial charge on any atom is 0.412 e. The van der Waals surface area contributed by atoms with Crippen LogP contribution in [0.5, 0.6) is 17.2 Å². The molecule has 174 valence electrons. The number of ether oxygens (including phenoxy) is 3. The second kappa shape index (κ2) is 10.5. The largest absolute Gasteiger partial charge is 0.495 e. The third kappa shape index (κ3) is 6.20. The molecule has 2 aromatic carbocycles. The predicted molar refractivity (Wildman–Crippen MR) is 120 cm³/mol. The summed E-state index contributed by atoms with van der Waals surface area (Å²) in [4.78, 5) is 50.0. The first-order chi connectivity index (χ1) is 16.2. The van der Waals surface area contributed by atoms with E-state index in [-0.39, 0.29) is 22.7 Å². The molecule has 0 aliphatic rings. The van der Waals surface area contributed by atoms with E-state index in [2.05, 4.69) is 20.4 Å². The Labute approximate surface area is 192 Å². The highest BCUT2D eigenvalue weighted by molar-refractivity contribution is 6.02. The molecule has 3 aromatic rings. The Morgan fingerprint density at radius 2 is 1.62 bits per heavy atom. The van der Waals surface area contributed by atoms with Crippen molar-refractivity contribution in [1.82, 2.24) is 4.98 Å². The van der Waals surface area contributed by atoms with Crippen LogP contribution in [0.2, 0.25) is 0 Å². The summed E-state index contributed by atoms with van der Waals surface area (Å²) in [5.74, 6) is -0.664. The molecule has 34 heavy (non-hydrogen) atoms. The fraction of sp³-hybridized carbons (Fsp3) is 0.0455. The second-order valence-electron chi connectivity index (χ2n) is 6.57. The van der Waals surface area contributed by atoms with Gasteiger partial charge in [-0.2, -0.15) is 0 Å². The van der Waals surface area contributed by atoms with E-state index < -0.39 is 24.0 Å². The molecule has 0 saturated heterocycles. The molecule has 0 aliphatic heterocycles. The average molecular weight is 465 g/mol. The summed E-state index contributed by atoms with van der Waals surface area (Å²) >= 11 is 0. The number of methoxy groups -OCH3 is 1. The van der Waals surface area contributed by atoms with Crippen molar-refractivity contribution in [1.29, 1.82) is 0 Å². The van der Waals surface area contributed by atoms with Crippen molar-refractivity contribution in [2.24, 2.45) is 11.5 Å². The smallest absolute Gasteiger partial charge is 0.412 e. The second-order valence-corrected chi connectivity index (χ2v) is 6.57. The quantitative estimate of drug-likeness (QED) is 0.303. The number of aromatic nitrogens is 1. The van der Waals surface area contributed by atoms with E-state index in [0.29, 0.717) is 17.2 Å². The minimum absolute atomic E-state index is 0.165. The number of carbonyl (C=O) groups excluding carboxylic acids is 4. The first-order valence-electron chi connectivity index (χ1n) is 9.56. The number of esters is 1. The van der Waals surface area contributed by atoms with Gasteiger partial charge in [-0.1, -0.05) is 0 Å². The Balaban J connectivity index is 1.64. The summed E-state index contributed by atoms with van der Waals surface area (Å²) in [7, 11) is 1.42. The van der Waals surface area contributed by atoms with Crippen LogP contribution in [0.3, 0.4) is 0 Å². The van der Waals surface area contributed by atoms with Crippen molar-refractivity contribution in [3.8, 4) is 17.2 Å². The molecular formula is C22H19N5O7. The van der Waals surface area contributed by atoms with E-state index in [1.807, 2.05) is 0 Å². The highest BCUT2D eigenvalue weighted by atomic mass is 16.6. The molecule has 0 aliphatic carbocycles. The lowest BCUT2D eigenvalue weighted by Crippen LogP contribution is -2.20.